The zero-order valence-electron chi connectivity index (χ0n) is 16.3. The highest BCUT2D eigenvalue weighted by Gasteiger charge is 2.30. The minimum absolute atomic E-state index is 0.0473. The van der Waals surface area contributed by atoms with E-state index in [0.717, 1.165) is 12.1 Å². The smallest absolute Gasteiger partial charge is 0.416 e. The molecule has 0 bridgehead atoms. The number of nitrogens with zero attached hydrogens (tertiary/aromatic N) is 3. The van der Waals surface area contributed by atoms with Crippen LogP contribution in [-0.4, -0.2) is 33.1 Å². The highest BCUT2D eigenvalue weighted by Crippen LogP contribution is 2.38. The molecule has 162 valence electrons. The Kier molecular flexibility index (Phi) is 6.30. The molecule has 0 radical (unpaired) electrons. The summed E-state index contributed by atoms with van der Waals surface area (Å²) >= 11 is 6.32. The van der Waals surface area contributed by atoms with Crippen LogP contribution in [0.4, 0.5) is 13.2 Å². The summed E-state index contributed by atoms with van der Waals surface area (Å²) < 4.78 is 43.9. The van der Waals surface area contributed by atoms with E-state index in [1.807, 2.05) is 0 Å². The van der Waals surface area contributed by atoms with Gasteiger partial charge in [0.2, 0.25) is 5.91 Å². The van der Waals surface area contributed by atoms with E-state index in [2.05, 4.69) is 20.3 Å². The van der Waals surface area contributed by atoms with Gasteiger partial charge in [-0.05, 0) is 18.2 Å². The molecule has 0 saturated heterocycles. The highest BCUT2D eigenvalue weighted by atomic mass is 35.5. The lowest BCUT2D eigenvalue weighted by molar-refractivity contribution is -0.137. The first kappa shape index (κ1) is 22.3. The minimum Gasteiger partial charge on any atom is -0.496 e. The summed E-state index contributed by atoms with van der Waals surface area (Å²) in [6, 6.07) is 6.70. The van der Waals surface area contributed by atoms with Crippen LogP contribution in [0.5, 0.6) is 11.8 Å². The number of alkyl halides is 3. The normalized spacial score (nSPS) is 11.3. The second kappa shape index (κ2) is 8.76. The topological polar surface area (TPSA) is 97.2 Å². The summed E-state index contributed by atoms with van der Waals surface area (Å²) in [6.45, 7) is 1.51. The van der Waals surface area contributed by atoms with Gasteiger partial charge in [-0.3, -0.25) is 4.79 Å². The number of amides is 1. The van der Waals surface area contributed by atoms with Crippen LogP contribution in [0.1, 0.15) is 18.1 Å². The maximum atomic E-state index is 12.8. The van der Waals surface area contributed by atoms with E-state index < -0.39 is 17.8 Å². The zero-order chi connectivity index (χ0) is 22.8. The van der Waals surface area contributed by atoms with E-state index in [1.54, 1.807) is 12.1 Å². The average molecular weight is 453 g/mol. The zero-order valence-corrected chi connectivity index (χ0v) is 17.0. The molecule has 0 aliphatic rings. The number of methoxy groups -OCH3 is 1. The fourth-order valence-corrected chi connectivity index (χ4v) is 3.05. The van der Waals surface area contributed by atoms with E-state index in [0.29, 0.717) is 5.56 Å². The van der Waals surface area contributed by atoms with E-state index >= 15 is 0 Å². The SMILES string of the molecule is COc1c(CNC(C)=O)ccc(Cl)c1-c1nc(O)nc(-c2ccc(C(F)(F)F)cc2)n1. The standard InChI is InChI=1S/C20H16ClF3N4O3/c1-10(29)25-9-12-5-8-14(21)15(16(12)31-2)18-26-17(27-19(30)28-18)11-3-6-13(7-4-11)20(22,23)24/h3-8H,9H2,1-2H3,(H,25,29)(H,26,27,28,30). The molecule has 0 atom stereocenters. The number of aromatic nitrogens is 3. The van der Waals surface area contributed by atoms with Crippen molar-refractivity contribution in [2.75, 3.05) is 7.11 Å². The predicted octanol–water partition coefficient (Wildman–Crippen LogP) is 4.23. The molecule has 0 spiro atoms. The molecule has 31 heavy (non-hydrogen) atoms. The molecule has 0 aliphatic carbocycles. The van der Waals surface area contributed by atoms with Gasteiger partial charge in [0.05, 0.1) is 23.3 Å². The van der Waals surface area contributed by atoms with Crippen LogP contribution >= 0.6 is 11.6 Å². The van der Waals surface area contributed by atoms with E-state index in [-0.39, 0.29) is 46.0 Å². The van der Waals surface area contributed by atoms with Gasteiger partial charge >= 0.3 is 12.2 Å². The number of halogens is 4. The Morgan fingerprint density at radius 2 is 1.74 bits per heavy atom. The minimum atomic E-state index is -4.49. The van der Waals surface area contributed by atoms with Crippen molar-refractivity contribution in [3.63, 3.8) is 0 Å². The van der Waals surface area contributed by atoms with E-state index in [9.17, 15) is 23.1 Å². The molecule has 0 saturated carbocycles. The van der Waals surface area contributed by atoms with Crippen molar-refractivity contribution in [3.05, 3.63) is 52.5 Å². The molecule has 3 aromatic rings. The number of benzene rings is 2. The maximum absolute atomic E-state index is 12.8. The molecule has 1 aromatic heterocycles. The summed E-state index contributed by atoms with van der Waals surface area (Å²) in [7, 11) is 1.39. The second-order valence-electron chi connectivity index (χ2n) is 6.38. The van der Waals surface area contributed by atoms with Gasteiger partial charge in [0, 0.05) is 24.6 Å². The number of rotatable bonds is 5. The first-order valence-corrected chi connectivity index (χ1v) is 9.20. The van der Waals surface area contributed by atoms with Gasteiger partial charge in [0.15, 0.2) is 11.6 Å². The van der Waals surface area contributed by atoms with E-state index in [1.165, 1.54) is 26.2 Å². The quantitative estimate of drug-likeness (QED) is 0.601. The number of aromatic hydroxyl groups is 1. The number of carbonyl (C=O) groups excluding carboxylic acids is 1. The van der Waals surface area contributed by atoms with Crippen molar-refractivity contribution in [2.24, 2.45) is 0 Å². The molecule has 3 rings (SSSR count). The third kappa shape index (κ3) is 5.02. The van der Waals surface area contributed by atoms with Crippen LogP contribution in [-0.2, 0) is 17.5 Å². The summed E-state index contributed by atoms with van der Waals surface area (Å²) in [4.78, 5) is 23.2. The Bertz CT molecular complexity index is 1120. The largest absolute Gasteiger partial charge is 0.496 e. The first-order valence-electron chi connectivity index (χ1n) is 8.83. The van der Waals surface area contributed by atoms with Crippen molar-refractivity contribution in [1.82, 2.24) is 20.3 Å². The number of hydrogen-bond acceptors (Lipinski definition) is 6. The molecular weight excluding hydrogens is 437 g/mol. The third-order valence-corrected chi connectivity index (χ3v) is 4.55. The lowest BCUT2D eigenvalue weighted by atomic mass is 10.1. The van der Waals surface area contributed by atoms with Crippen LogP contribution in [0, 0.1) is 0 Å². The maximum Gasteiger partial charge on any atom is 0.416 e. The number of ether oxygens (including phenoxy) is 1. The van der Waals surface area contributed by atoms with Crippen molar-refractivity contribution in [2.45, 2.75) is 19.6 Å². The lowest BCUT2D eigenvalue weighted by Crippen LogP contribution is -2.19. The monoisotopic (exact) mass is 452 g/mol. The van der Waals surface area contributed by atoms with Gasteiger partial charge in [-0.1, -0.05) is 29.8 Å². The van der Waals surface area contributed by atoms with Gasteiger partial charge in [-0.2, -0.15) is 23.1 Å². The van der Waals surface area contributed by atoms with Crippen molar-refractivity contribution >= 4 is 17.5 Å². The van der Waals surface area contributed by atoms with Gasteiger partial charge in [-0.25, -0.2) is 4.98 Å². The second-order valence-corrected chi connectivity index (χ2v) is 6.79. The van der Waals surface area contributed by atoms with Crippen LogP contribution in [0.25, 0.3) is 22.8 Å². The average Bonchev–Trinajstić information content (AvgIpc) is 2.71. The Morgan fingerprint density at radius 1 is 1.10 bits per heavy atom. The Morgan fingerprint density at radius 3 is 2.32 bits per heavy atom. The number of hydrogen-bond donors (Lipinski definition) is 2. The van der Waals surface area contributed by atoms with Crippen molar-refractivity contribution in [1.29, 1.82) is 0 Å². The van der Waals surface area contributed by atoms with Crippen LogP contribution < -0.4 is 10.1 Å². The fourth-order valence-electron chi connectivity index (χ4n) is 2.82. The molecule has 11 heteroatoms. The molecule has 2 N–H and O–H groups in total. The number of carbonyl (C=O) groups is 1. The Hall–Kier alpha value is -3.40. The molecule has 0 aliphatic heterocycles. The van der Waals surface area contributed by atoms with Crippen molar-refractivity contribution < 1.29 is 27.8 Å². The molecule has 0 unspecified atom stereocenters. The summed E-state index contributed by atoms with van der Waals surface area (Å²) in [5.74, 6) is -0.0818. The molecule has 0 fully saturated rings. The molecule has 7 nitrogen and oxygen atoms in total. The summed E-state index contributed by atoms with van der Waals surface area (Å²) in [5.41, 5.74) is 0.215. The predicted molar refractivity (Wildman–Crippen MR) is 106 cm³/mol. The fraction of sp³-hybridized carbons (Fsp3) is 0.200. The lowest BCUT2D eigenvalue weighted by Gasteiger charge is -2.15. The molecule has 1 amide bonds. The molecule has 2 aromatic carbocycles. The van der Waals surface area contributed by atoms with Gasteiger partial charge < -0.3 is 15.2 Å². The van der Waals surface area contributed by atoms with Crippen molar-refractivity contribution in [3.8, 4) is 34.5 Å². The van der Waals surface area contributed by atoms with Gasteiger partial charge in [0.1, 0.15) is 5.75 Å². The third-order valence-electron chi connectivity index (χ3n) is 4.24. The number of nitrogens with one attached hydrogen (secondary N) is 1. The summed E-state index contributed by atoms with van der Waals surface area (Å²) in [5, 5.41) is 12.9. The molecule has 1 heterocycles. The Labute approximate surface area is 179 Å². The molecular formula is C20H16ClF3N4O3. The van der Waals surface area contributed by atoms with Gasteiger partial charge in [-0.15, -0.1) is 0 Å². The van der Waals surface area contributed by atoms with Crippen LogP contribution in [0.3, 0.4) is 0 Å². The van der Waals surface area contributed by atoms with Gasteiger partial charge in [0.25, 0.3) is 0 Å². The Balaban J connectivity index is 2.09. The van der Waals surface area contributed by atoms with Crippen LogP contribution in [0.15, 0.2) is 36.4 Å². The van der Waals surface area contributed by atoms with Crippen LogP contribution in [0.2, 0.25) is 5.02 Å². The summed E-state index contributed by atoms with van der Waals surface area (Å²) in [6.07, 6.45) is -4.49. The highest BCUT2D eigenvalue weighted by molar-refractivity contribution is 6.33. The first-order chi connectivity index (χ1) is 14.6. The van der Waals surface area contributed by atoms with E-state index in [4.69, 9.17) is 16.3 Å².